The molecule has 1 aromatic heterocycles. The highest BCUT2D eigenvalue weighted by Gasteiger charge is 2.18. The van der Waals surface area contributed by atoms with E-state index in [2.05, 4.69) is 47.8 Å². The normalized spacial score (nSPS) is 12.8. The number of hydrogen-bond donors (Lipinski definition) is 0. The topological polar surface area (TPSA) is 0 Å². The van der Waals surface area contributed by atoms with Crippen LogP contribution in [-0.2, 0) is 0 Å². The second kappa shape index (κ2) is 5.51. The minimum Gasteiger partial charge on any atom is -0.207 e. The fourth-order valence-electron chi connectivity index (χ4n) is 1.59. The quantitative estimate of drug-likeness (QED) is 0.485. The minimum absolute atomic E-state index is 0.123. The van der Waals surface area contributed by atoms with Crippen molar-refractivity contribution in [2.75, 3.05) is 0 Å². The molecule has 0 saturated heterocycles. The van der Waals surface area contributed by atoms with Gasteiger partial charge in [0.15, 0.2) is 0 Å². The van der Waals surface area contributed by atoms with Crippen LogP contribution in [0.2, 0.25) is 0 Å². The van der Waals surface area contributed by atoms with E-state index in [1.54, 1.807) is 23.5 Å². The number of halogens is 4. The summed E-state index contributed by atoms with van der Waals surface area (Å²) in [7, 11) is 0. The maximum absolute atomic E-state index is 13.8. The van der Waals surface area contributed by atoms with Crippen LogP contribution in [0.25, 0.3) is 0 Å². The molecule has 0 aliphatic heterocycles. The lowest BCUT2D eigenvalue weighted by Crippen LogP contribution is -1.96. The molecule has 5 heteroatoms. The molecule has 0 amide bonds. The maximum atomic E-state index is 13.8. The van der Waals surface area contributed by atoms with Crippen molar-refractivity contribution in [2.24, 2.45) is 0 Å². The van der Waals surface area contributed by atoms with Crippen LogP contribution in [-0.4, -0.2) is 0 Å². The van der Waals surface area contributed by atoms with Gasteiger partial charge >= 0.3 is 0 Å². The summed E-state index contributed by atoms with van der Waals surface area (Å²) in [6.45, 7) is 2.04. The van der Waals surface area contributed by atoms with E-state index in [-0.39, 0.29) is 10.6 Å². The Labute approximate surface area is 129 Å². The second-order valence-electron chi connectivity index (χ2n) is 3.59. The fraction of sp³-hybridized carbons (Fsp3) is 0.167. The molecule has 0 fully saturated rings. The fourth-order valence-corrected chi connectivity index (χ4v) is 4.69. The molecule has 0 aliphatic carbocycles. The average Bonchev–Trinajstić information content (AvgIpc) is 2.60. The first-order valence-corrected chi connectivity index (χ1v) is 8.15. The predicted molar refractivity (Wildman–Crippen MR) is 81.6 cm³/mol. The van der Waals surface area contributed by atoms with E-state index in [1.165, 1.54) is 10.9 Å². The Morgan fingerprint density at radius 2 is 1.88 bits per heavy atom. The summed E-state index contributed by atoms with van der Waals surface area (Å²) < 4.78 is 15.7. The summed E-state index contributed by atoms with van der Waals surface area (Å²) in [4.78, 5) is 1.06. The number of hydrogen-bond acceptors (Lipinski definition) is 1. The van der Waals surface area contributed by atoms with E-state index in [9.17, 15) is 4.39 Å². The third kappa shape index (κ3) is 3.00. The van der Waals surface area contributed by atoms with Crippen LogP contribution in [0.1, 0.15) is 20.8 Å². The van der Waals surface area contributed by atoms with Crippen molar-refractivity contribution in [3.63, 3.8) is 0 Å². The largest absolute Gasteiger partial charge is 0.207 e. The van der Waals surface area contributed by atoms with E-state index in [0.29, 0.717) is 5.56 Å². The highest BCUT2D eigenvalue weighted by molar-refractivity contribution is 9.11. The molecule has 2 aromatic rings. The first kappa shape index (κ1) is 13.7. The SMILES string of the molecule is Cc1sc(Br)cc1C(Br)c1cc(Br)ccc1F. The third-order valence-corrected chi connectivity index (χ3v) is 5.48. The van der Waals surface area contributed by atoms with Crippen LogP contribution in [0.5, 0.6) is 0 Å². The van der Waals surface area contributed by atoms with Gasteiger partial charge in [0.2, 0.25) is 0 Å². The Morgan fingerprint density at radius 1 is 1.18 bits per heavy atom. The van der Waals surface area contributed by atoms with Gasteiger partial charge in [-0.2, -0.15) is 0 Å². The zero-order valence-electron chi connectivity index (χ0n) is 8.81. The third-order valence-electron chi connectivity index (χ3n) is 2.43. The highest BCUT2D eigenvalue weighted by Crippen LogP contribution is 2.40. The standard InChI is InChI=1S/C12H8Br3FS/c1-6-8(5-11(14)17-6)12(15)9-4-7(13)2-3-10(9)16/h2-5,12H,1H3. The molecule has 0 aliphatic rings. The summed E-state index contributed by atoms with van der Waals surface area (Å²) in [5, 5.41) is 0. The van der Waals surface area contributed by atoms with E-state index in [0.717, 1.165) is 13.8 Å². The van der Waals surface area contributed by atoms with Gasteiger partial charge in [-0.1, -0.05) is 31.9 Å². The van der Waals surface area contributed by atoms with Crippen molar-refractivity contribution in [2.45, 2.75) is 11.8 Å². The number of aryl methyl sites for hydroxylation is 1. The van der Waals surface area contributed by atoms with Crippen molar-refractivity contribution in [1.82, 2.24) is 0 Å². The molecule has 0 bridgehead atoms. The molecule has 2 rings (SSSR count). The first-order valence-electron chi connectivity index (χ1n) is 4.84. The van der Waals surface area contributed by atoms with E-state index in [4.69, 9.17) is 0 Å². The van der Waals surface area contributed by atoms with Gasteiger partial charge in [0.05, 0.1) is 8.61 Å². The van der Waals surface area contributed by atoms with Gasteiger partial charge in [0.1, 0.15) is 5.82 Å². The molecule has 17 heavy (non-hydrogen) atoms. The van der Waals surface area contributed by atoms with Crippen LogP contribution in [0.3, 0.4) is 0 Å². The molecule has 1 heterocycles. The number of alkyl halides is 1. The second-order valence-corrected chi connectivity index (χ2v) is 8.06. The van der Waals surface area contributed by atoms with Crippen molar-refractivity contribution in [1.29, 1.82) is 0 Å². The van der Waals surface area contributed by atoms with Crippen molar-refractivity contribution in [3.8, 4) is 0 Å². The van der Waals surface area contributed by atoms with Crippen LogP contribution in [0, 0.1) is 12.7 Å². The first-order chi connectivity index (χ1) is 7.99. The van der Waals surface area contributed by atoms with Crippen molar-refractivity contribution >= 4 is 59.1 Å². The molecular weight excluding hydrogens is 435 g/mol. The number of benzene rings is 1. The van der Waals surface area contributed by atoms with Crippen LogP contribution < -0.4 is 0 Å². The molecule has 0 N–H and O–H groups in total. The van der Waals surface area contributed by atoms with Gasteiger partial charge in [0, 0.05) is 14.9 Å². The van der Waals surface area contributed by atoms with Crippen molar-refractivity contribution in [3.05, 3.63) is 54.3 Å². The summed E-state index contributed by atoms with van der Waals surface area (Å²) in [5.74, 6) is -0.197. The number of rotatable bonds is 2. The van der Waals surface area contributed by atoms with Gasteiger partial charge in [-0.05, 0) is 52.7 Å². The lowest BCUT2D eigenvalue weighted by atomic mass is 10.1. The van der Waals surface area contributed by atoms with Crippen LogP contribution >= 0.6 is 59.1 Å². The highest BCUT2D eigenvalue weighted by atomic mass is 79.9. The lowest BCUT2D eigenvalue weighted by Gasteiger charge is -2.11. The monoisotopic (exact) mass is 440 g/mol. The van der Waals surface area contributed by atoms with Crippen LogP contribution in [0.4, 0.5) is 4.39 Å². The molecule has 90 valence electrons. The van der Waals surface area contributed by atoms with Crippen LogP contribution in [0.15, 0.2) is 32.5 Å². The van der Waals surface area contributed by atoms with Gasteiger partial charge < -0.3 is 0 Å². The van der Waals surface area contributed by atoms with E-state index < -0.39 is 0 Å². The Kier molecular flexibility index (Phi) is 4.45. The van der Waals surface area contributed by atoms with E-state index >= 15 is 0 Å². The van der Waals surface area contributed by atoms with Gasteiger partial charge in [-0.3, -0.25) is 0 Å². The van der Waals surface area contributed by atoms with Gasteiger partial charge in [-0.15, -0.1) is 11.3 Å². The Bertz CT molecular complexity index is 551. The summed E-state index contributed by atoms with van der Waals surface area (Å²) in [6.07, 6.45) is 0. The Hall–Kier alpha value is 0.290. The Balaban J connectivity index is 2.46. The van der Waals surface area contributed by atoms with Gasteiger partial charge in [0.25, 0.3) is 0 Å². The zero-order valence-corrected chi connectivity index (χ0v) is 14.4. The molecule has 0 spiro atoms. The van der Waals surface area contributed by atoms with Crippen molar-refractivity contribution < 1.29 is 4.39 Å². The summed E-state index contributed by atoms with van der Waals surface area (Å²) >= 11 is 12.0. The Morgan fingerprint density at radius 3 is 2.47 bits per heavy atom. The molecule has 0 nitrogen and oxygen atoms in total. The number of thiophene rings is 1. The molecule has 0 radical (unpaired) electrons. The lowest BCUT2D eigenvalue weighted by molar-refractivity contribution is 0.613. The van der Waals surface area contributed by atoms with E-state index in [1.807, 2.05) is 13.0 Å². The average molecular weight is 443 g/mol. The smallest absolute Gasteiger partial charge is 0.127 e. The molecule has 1 atom stereocenters. The molecule has 1 unspecified atom stereocenters. The summed E-state index contributed by atoms with van der Waals surface area (Å²) in [6, 6.07) is 7.01. The summed E-state index contributed by atoms with van der Waals surface area (Å²) in [5.41, 5.74) is 1.74. The molecule has 0 saturated carbocycles. The maximum Gasteiger partial charge on any atom is 0.127 e. The zero-order chi connectivity index (χ0) is 12.6. The molecular formula is C12H8Br3FS. The minimum atomic E-state index is -0.197. The van der Waals surface area contributed by atoms with Gasteiger partial charge in [-0.25, -0.2) is 4.39 Å². The molecule has 1 aromatic carbocycles. The predicted octanol–water partition coefficient (Wildman–Crippen LogP) is 6.20.